The molecule has 4 N–H and O–H groups in total. The Morgan fingerprint density at radius 2 is 1.79 bits per heavy atom. The number of hydrogen-bond donors (Lipinski definition) is 4. The quantitative estimate of drug-likeness (QED) is 0.437. The van der Waals surface area contributed by atoms with E-state index in [0.717, 1.165) is 12.8 Å². The second-order valence-corrected chi connectivity index (χ2v) is 5.29. The Hall–Kier alpha value is -1.14. The molecule has 0 spiro atoms. The molecule has 0 heterocycles. The summed E-state index contributed by atoms with van der Waals surface area (Å²) < 4.78 is 0. The van der Waals surface area contributed by atoms with Gasteiger partial charge in [-0.2, -0.15) is 0 Å². The van der Waals surface area contributed by atoms with E-state index in [1.54, 1.807) is 13.8 Å². The molecule has 0 aromatic heterocycles. The first-order chi connectivity index (χ1) is 8.85. The molecule has 0 fully saturated rings. The van der Waals surface area contributed by atoms with E-state index in [1.165, 1.54) is 0 Å². The lowest BCUT2D eigenvalue weighted by molar-refractivity contribution is -0.137. The number of unbranched alkanes of at least 4 members (excludes halogenated alkanes) is 1. The molecule has 0 aromatic rings. The lowest BCUT2D eigenvalue weighted by atomic mass is 9.87. The van der Waals surface area contributed by atoms with Crippen LogP contribution in [0.3, 0.4) is 0 Å². The van der Waals surface area contributed by atoms with Crippen LogP contribution in [0.25, 0.3) is 0 Å². The van der Waals surface area contributed by atoms with Crippen molar-refractivity contribution in [1.82, 2.24) is 10.6 Å². The smallest absolute Gasteiger partial charge is 0.249 e. The molecular formula is C13H26N2O4. The maximum atomic E-state index is 11.6. The molecule has 6 nitrogen and oxygen atoms in total. The van der Waals surface area contributed by atoms with E-state index in [2.05, 4.69) is 10.6 Å². The van der Waals surface area contributed by atoms with Crippen LogP contribution in [0, 0.1) is 5.41 Å². The Morgan fingerprint density at radius 1 is 1.21 bits per heavy atom. The fraction of sp³-hybridized carbons (Fsp3) is 0.846. The zero-order chi connectivity index (χ0) is 14.9. The molecule has 6 heteroatoms. The average molecular weight is 274 g/mol. The molecule has 0 radical (unpaired) electrons. The van der Waals surface area contributed by atoms with Crippen LogP contribution in [-0.2, 0) is 9.59 Å². The molecule has 0 aromatic carbocycles. The van der Waals surface area contributed by atoms with Gasteiger partial charge in [0.15, 0.2) is 0 Å². The van der Waals surface area contributed by atoms with Crippen LogP contribution in [0.1, 0.15) is 40.0 Å². The summed E-state index contributed by atoms with van der Waals surface area (Å²) in [7, 11) is 0. The Morgan fingerprint density at radius 3 is 2.32 bits per heavy atom. The molecule has 0 aliphatic heterocycles. The number of carbonyl (C=O) groups is 2. The summed E-state index contributed by atoms with van der Waals surface area (Å²) in [5.74, 6) is -0.575. The van der Waals surface area contributed by atoms with Crippen molar-refractivity contribution >= 4 is 11.8 Å². The third-order valence-corrected chi connectivity index (χ3v) is 2.90. The summed E-state index contributed by atoms with van der Waals surface area (Å²) in [4.78, 5) is 22.9. The second-order valence-electron chi connectivity index (χ2n) is 5.29. The Labute approximate surface area is 114 Å². The topological polar surface area (TPSA) is 98.7 Å². The zero-order valence-electron chi connectivity index (χ0n) is 12.0. The molecule has 1 atom stereocenters. The van der Waals surface area contributed by atoms with Gasteiger partial charge in [0, 0.05) is 24.9 Å². The fourth-order valence-electron chi connectivity index (χ4n) is 1.35. The highest BCUT2D eigenvalue weighted by Crippen LogP contribution is 2.19. The van der Waals surface area contributed by atoms with Gasteiger partial charge in [-0.3, -0.25) is 9.59 Å². The predicted octanol–water partition coefficient (Wildman–Crippen LogP) is -0.212. The highest BCUT2D eigenvalue weighted by Gasteiger charge is 2.32. The van der Waals surface area contributed by atoms with E-state index >= 15 is 0 Å². The first-order valence-corrected chi connectivity index (χ1v) is 6.68. The third-order valence-electron chi connectivity index (χ3n) is 2.90. The van der Waals surface area contributed by atoms with Crippen molar-refractivity contribution in [2.45, 2.75) is 46.1 Å². The minimum absolute atomic E-state index is 0.0349. The summed E-state index contributed by atoms with van der Waals surface area (Å²) in [5.41, 5.74) is -0.880. The average Bonchev–Trinajstić information content (AvgIpc) is 2.39. The Kier molecular flexibility index (Phi) is 8.34. The van der Waals surface area contributed by atoms with Gasteiger partial charge in [-0.25, -0.2) is 0 Å². The van der Waals surface area contributed by atoms with Crippen LogP contribution in [0.15, 0.2) is 0 Å². The first-order valence-electron chi connectivity index (χ1n) is 6.68. The first kappa shape index (κ1) is 17.9. The summed E-state index contributed by atoms with van der Waals surface area (Å²) >= 11 is 0. The monoisotopic (exact) mass is 274 g/mol. The van der Waals surface area contributed by atoms with Gasteiger partial charge in [-0.05, 0) is 6.42 Å². The highest BCUT2D eigenvalue weighted by atomic mass is 16.3. The molecule has 0 saturated carbocycles. The lowest BCUT2D eigenvalue weighted by Crippen LogP contribution is -2.47. The molecule has 0 rings (SSSR count). The van der Waals surface area contributed by atoms with E-state index in [9.17, 15) is 14.7 Å². The summed E-state index contributed by atoms with van der Waals surface area (Å²) in [6.45, 7) is 5.52. The van der Waals surface area contributed by atoms with Gasteiger partial charge < -0.3 is 20.8 Å². The molecule has 112 valence electrons. The van der Waals surface area contributed by atoms with Crippen LogP contribution in [-0.4, -0.2) is 47.8 Å². The molecule has 2 amide bonds. The normalized spacial score (nSPS) is 12.9. The van der Waals surface area contributed by atoms with Crippen molar-refractivity contribution in [2.24, 2.45) is 5.41 Å². The summed E-state index contributed by atoms with van der Waals surface area (Å²) in [6.07, 6.45) is 1.03. The molecule has 0 aliphatic carbocycles. The Balaban J connectivity index is 3.83. The van der Waals surface area contributed by atoms with E-state index in [-0.39, 0.29) is 19.1 Å². The van der Waals surface area contributed by atoms with Crippen LogP contribution in [0.2, 0.25) is 0 Å². The van der Waals surface area contributed by atoms with Crippen LogP contribution >= 0.6 is 0 Å². The van der Waals surface area contributed by atoms with E-state index in [0.29, 0.717) is 13.0 Å². The van der Waals surface area contributed by atoms with Crippen LogP contribution in [0.5, 0.6) is 0 Å². The van der Waals surface area contributed by atoms with Gasteiger partial charge in [0.25, 0.3) is 0 Å². The largest absolute Gasteiger partial charge is 0.396 e. The number of nitrogens with one attached hydrogen (secondary N) is 2. The van der Waals surface area contributed by atoms with Gasteiger partial charge in [-0.15, -0.1) is 0 Å². The second kappa shape index (κ2) is 8.87. The molecule has 19 heavy (non-hydrogen) atoms. The van der Waals surface area contributed by atoms with Gasteiger partial charge >= 0.3 is 0 Å². The fourth-order valence-corrected chi connectivity index (χ4v) is 1.35. The van der Waals surface area contributed by atoms with Crippen molar-refractivity contribution in [3.05, 3.63) is 0 Å². The van der Waals surface area contributed by atoms with Crippen molar-refractivity contribution in [3.63, 3.8) is 0 Å². The minimum Gasteiger partial charge on any atom is -0.396 e. The Bertz CT molecular complexity index is 292. The summed E-state index contributed by atoms with van der Waals surface area (Å²) in [5, 5.41) is 24.0. The maximum absolute atomic E-state index is 11.6. The van der Waals surface area contributed by atoms with Crippen molar-refractivity contribution in [2.75, 3.05) is 19.7 Å². The number of rotatable bonds is 9. The zero-order valence-corrected chi connectivity index (χ0v) is 12.0. The van der Waals surface area contributed by atoms with E-state index in [1.807, 2.05) is 6.92 Å². The predicted molar refractivity (Wildman–Crippen MR) is 72.4 cm³/mol. The molecule has 0 bridgehead atoms. The molecular weight excluding hydrogens is 248 g/mol. The number of aliphatic hydroxyl groups excluding tert-OH is 2. The molecule has 0 aliphatic rings. The number of carbonyl (C=O) groups excluding carboxylic acids is 2. The van der Waals surface area contributed by atoms with Gasteiger partial charge in [0.1, 0.15) is 6.10 Å². The summed E-state index contributed by atoms with van der Waals surface area (Å²) in [6, 6.07) is 0. The maximum Gasteiger partial charge on any atom is 0.249 e. The van der Waals surface area contributed by atoms with Crippen molar-refractivity contribution in [1.29, 1.82) is 0 Å². The standard InChI is InChI=1S/C13H26N2O4/c1-4-5-6-10(17)14-7-8-15-12(19)11(18)13(2,3)9-16/h11,16,18H,4-9H2,1-3H3,(H,14,17)(H,15,19)/t11-/m0/s1. The third kappa shape index (κ3) is 7.12. The minimum atomic E-state index is -1.27. The van der Waals surface area contributed by atoms with Crippen molar-refractivity contribution in [3.8, 4) is 0 Å². The number of aliphatic hydroxyl groups is 2. The lowest BCUT2D eigenvalue weighted by Gasteiger charge is -2.27. The van der Waals surface area contributed by atoms with Gasteiger partial charge in [0.05, 0.1) is 6.61 Å². The molecule has 0 saturated heterocycles. The number of amides is 2. The number of hydrogen-bond acceptors (Lipinski definition) is 4. The highest BCUT2D eigenvalue weighted by molar-refractivity contribution is 5.81. The van der Waals surface area contributed by atoms with Gasteiger partial charge in [-0.1, -0.05) is 27.2 Å². The SMILES string of the molecule is CCCCC(=O)NCCNC(=O)[C@H](O)C(C)(C)CO. The van der Waals surface area contributed by atoms with E-state index in [4.69, 9.17) is 5.11 Å². The molecule has 0 unspecified atom stereocenters. The van der Waals surface area contributed by atoms with E-state index < -0.39 is 17.4 Å². The van der Waals surface area contributed by atoms with Crippen LogP contribution in [0.4, 0.5) is 0 Å². The van der Waals surface area contributed by atoms with Gasteiger partial charge in [0.2, 0.25) is 11.8 Å². The van der Waals surface area contributed by atoms with Crippen molar-refractivity contribution < 1.29 is 19.8 Å². The van der Waals surface area contributed by atoms with Crippen LogP contribution < -0.4 is 10.6 Å².